The molecule has 17 atom stereocenters. The maximum atomic E-state index is 13.3. The molecule has 19 nitrogen and oxygen atoms in total. The smallest absolute Gasteiger partial charge is 0.220 e. The van der Waals surface area contributed by atoms with Gasteiger partial charge < -0.3 is 89.9 Å². The van der Waals surface area contributed by atoms with E-state index in [0.29, 0.717) is 12.8 Å². The van der Waals surface area contributed by atoms with Crippen molar-refractivity contribution in [3.05, 3.63) is 0 Å². The monoisotopic (exact) mass is 1120 g/mol. The van der Waals surface area contributed by atoms with E-state index in [2.05, 4.69) is 19.2 Å². The lowest BCUT2D eigenvalue weighted by Crippen LogP contribution is -2.66. The van der Waals surface area contributed by atoms with E-state index in [1.165, 1.54) is 161 Å². The summed E-state index contributed by atoms with van der Waals surface area (Å²) >= 11 is 0. The summed E-state index contributed by atoms with van der Waals surface area (Å²) in [5, 5.41) is 120. The number of hydrogen-bond acceptors (Lipinski definition) is 18. The van der Waals surface area contributed by atoms with Gasteiger partial charge in [0.2, 0.25) is 5.91 Å². The standard InChI is InChI=1S/C59H113NO18/c1-3-5-7-9-11-13-15-16-17-18-19-20-21-22-23-24-25-26-27-29-31-33-35-37-47(65)60-42(43(64)36-34-32-30-28-14-12-10-8-6-4-2)41-73-57-53(71)50(68)55(45(39-62)75-57)78-59-54(72)51(69)56(46(40-63)76-59)77-58-52(70)49(67)48(66)44(38-61)74-58/h42-46,48-59,61-64,66-72H,3-41H2,1-2H3,(H,60,65). The van der Waals surface area contributed by atoms with Gasteiger partial charge in [-0.1, -0.05) is 219 Å². The van der Waals surface area contributed by atoms with Crippen LogP contribution in [-0.4, -0.2) is 193 Å². The Labute approximate surface area is 468 Å². The minimum Gasteiger partial charge on any atom is -0.394 e. The van der Waals surface area contributed by atoms with Gasteiger partial charge >= 0.3 is 0 Å². The van der Waals surface area contributed by atoms with Gasteiger partial charge in [0, 0.05) is 6.42 Å². The molecule has 0 aromatic carbocycles. The van der Waals surface area contributed by atoms with Crippen molar-refractivity contribution in [1.82, 2.24) is 5.32 Å². The molecule has 0 aliphatic carbocycles. The molecule has 19 heteroatoms. The van der Waals surface area contributed by atoms with Gasteiger partial charge in [0.15, 0.2) is 18.9 Å². The van der Waals surface area contributed by atoms with Crippen LogP contribution >= 0.6 is 0 Å². The molecule has 0 aromatic rings. The van der Waals surface area contributed by atoms with Gasteiger partial charge in [-0.25, -0.2) is 0 Å². The summed E-state index contributed by atoms with van der Waals surface area (Å²) in [6, 6.07) is -0.879. The number of carbonyl (C=O) groups is 1. The second kappa shape index (κ2) is 43.4. The summed E-state index contributed by atoms with van der Waals surface area (Å²) in [6.45, 7) is 1.79. The van der Waals surface area contributed by atoms with Crippen molar-refractivity contribution in [3.8, 4) is 0 Å². The third-order valence-corrected chi connectivity index (χ3v) is 16.2. The van der Waals surface area contributed by atoms with E-state index in [-0.39, 0.29) is 18.9 Å². The number of amides is 1. The zero-order valence-electron chi connectivity index (χ0n) is 48.2. The van der Waals surface area contributed by atoms with Gasteiger partial charge in [-0.05, 0) is 12.8 Å². The Bertz CT molecular complexity index is 1440. The molecule has 1 amide bonds. The van der Waals surface area contributed by atoms with E-state index in [1.54, 1.807) is 0 Å². The van der Waals surface area contributed by atoms with Crippen molar-refractivity contribution in [3.63, 3.8) is 0 Å². The van der Waals surface area contributed by atoms with Gasteiger partial charge in [0.25, 0.3) is 0 Å². The Kier molecular flexibility index (Phi) is 39.6. The number of aliphatic hydroxyl groups is 11. The molecule has 3 aliphatic heterocycles. The first kappa shape index (κ1) is 71.1. The maximum Gasteiger partial charge on any atom is 0.220 e. The summed E-state index contributed by atoms with van der Waals surface area (Å²) in [5.41, 5.74) is 0. The van der Waals surface area contributed by atoms with Gasteiger partial charge in [-0.2, -0.15) is 0 Å². The van der Waals surface area contributed by atoms with Crippen molar-refractivity contribution >= 4 is 5.91 Å². The van der Waals surface area contributed by atoms with Crippen molar-refractivity contribution in [2.24, 2.45) is 0 Å². The lowest BCUT2D eigenvalue weighted by atomic mass is 9.96. The predicted octanol–water partition coefficient (Wildman–Crippen LogP) is 5.99. The molecule has 462 valence electrons. The van der Waals surface area contributed by atoms with Crippen molar-refractivity contribution in [2.45, 2.75) is 343 Å². The molecular weight excluding hydrogens is 1010 g/mol. The first-order chi connectivity index (χ1) is 37.8. The highest BCUT2D eigenvalue weighted by atomic mass is 16.8. The Morgan fingerprint density at radius 1 is 0.410 bits per heavy atom. The molecule has 3 heterocycles. The Balaban J connectivity index is 1.42. The lowest BCUT2D eigenvalue weighted by Gasteiger charge is -2.48. The summed E-state index contributed by atoms with van der Waals surface area (Å²) in [6.07, 6.45) is 14.9. The minimum absolute atomic E-state index is 0.240. The molecule has 3 aliphatic rings. The van der Waals surface area contributed by atoms with Gasteiger partial charge in [0.1, 0.15) is 73.2 Å². The molecule has 0 bridgehead atoms. The number of ether oxygens (including phenoxy) is 6. The molecule has 0 radical (unpaired) electrons. The first-order valence-corrected chi connectivity index (χ1v) is 31.3. The normalized spacial score (nSPS) is 30.4. The fourth-order valence-corrected chi connectivity index (χ4v) is 11.0. The van der Waals surface area contributed by atoms with Gasteiger partial charge in [-0.15, -0.1) is 0 Å². The van der Waals surface area contributed by atoms with Crippen LogP contribution in [0.15, 0.2) is 0 Å². The molecule has 3 saturated heterocycles. The second-order valence-electron chi connectivity index (χ2n) is 22.9. The molecule has 0 aromatic heterocycles. The topological polar surface area (TPSA) is 307 Å². The van der Waals surface area contributed by atoms with E-state index >= 15 is 0 Å². The second-order valence-corrected chi connectivity index (χ2v) is 22.9. The first-order valence-electron chi connectivity index (χ1n) is 31.3. The highest BCUT2D eigenvalue weighted by Gasteiger charge is 2.53. The minimum atomic E-state index is -1.97. The zero-order chi connectivity index (χ0) is 56.9. The number of hydrogen-bond donors (Lipinski definition) is 12. The van der Waals surface area contributed by atoms with Gasteiger partial charge in [-0.3, -0.25) is 4.79 Å². The van der Waals surface area contributed by atoms with Crippen molar-refractivity contribution in [1.29, 1.82) is 0 Å². The van der Waals surface area contributed by atoms with Crippen LogP contribution in [0.3, 0.4) is 0 Å². The quantitative estimate of drug-likeness (QED) is 0.0312. The fraction of sp³-hybridized carbons (Fsp3) is 0.983. The van der Waals surface area contributed by atoms with Crippen LogP contribution in [0.1, 0.15) is 239 Å². The van der Waals surface area contributed by atoms with Crippen LogP contribution < -0.4 is 5.32 Å². The van der Waals surface area contributed by atoms with Crippen LogP contribution in [0, 0.1) is 0 Å². The molecule has 12 N–H and O–H groups in total. The SMILES string of the molecule is CCCCCCCCCCCCCCCCCCCCCCCCCC(=O)NC(COC1OC(CO)C(OC2OC(CO)C(OC3OC(CO)C(O)C(O)C3O)C(O)C2O)C(O)C1O)C(O)CCCCCCCCCCCC. The lowest BCUT2D eigenvalue weighted by molar-refractivity contribution is -0.379. The molecule has 17 unspecified atom stereocenters. The van der Waals surface area contributed by atoms with Crippen LogP contribution in [-0.2, 0) is 33.2 Å². The zero-order valence-corrected chi connectivity index (χ0v) is 48.2. The summed E-state index contributed by atoms with van der Waals surface area (Å²) in [7, 11) is 0. The summed E-state index contributed by atoms with van der Waals surface area (Å²) < 4.78 is 34.3. The molecule has 3 fully saturated rings. The van der Waals surface area contributed by atoms with E-state index in [0.717, 1.165) is 44.9 Å². The van der Waals surface area contributed by atoms with E-state index in [1.807, 2.05) is 0 Å². The van der Waals surface area contributed by atoms with E-state index < -0.39 is 124 Å². The molecule has 0 spiro atoms. The molecule has 78 heavy (non-hydrogen) atoms. The van der Waals surface area contributed by atoms with Gasteiger partial charge in [0.05, 0.1) is 38.6 Å². The van der Waals surface area contributed by atoms with E-state index in [4.69, 9.17) is 28.4 Å². The number of carbonyl (C=O) groups excluding carboxylic acids is 1. The number of aliphatic hydroxyl groups excluding tert-OH is 11. The summed E-state index contributed by atoms with van der Waals surface area (Å²) in [4.78, 5) is 13.3. The van der Waals surface area contributed by atoms with Crippen molar-refractivity contribution < 1.29 is 89.4 Å². The third kappa shape index (κ3) is 27.0. The van der Waals surface area contributed by atoms with Crippen LogP contribution in [0.4, 0.5) is 0 Å². The highest BCUT2D eigenvalue weighted by Crippen LogP contribution is 2.33. The van der Waals surface area contributed by atoms with Crippen LogP contribution in [0.2, 0.25) is 0 Å². The maximum absolute atomic E-state index is 13.3. The fourth-order valence-electron chi connectivity index (χ4n) is 11.0. The number of nitrogens with one attached hydrogen (secondary N) is 1. The molecule has 0 saturated carbocycles. The Hall–Kier alpha value is -1.21. The number of rotatable bonds is 47. The van der Waals surface area contributed by atoms with E-state index in [9.17, 15) is 61.0 Å². The van der Waals surface area contributed by atoms with Crippen LogP contribution in [0.25, 0.3) is 0 Å². The van der Waals surface area contributed by atoms with Crippen molar-refractivity contribution in [2.75, 3.05) is 26.4 Å². The average molecular weight is 1120 g/mol. The Morgan fingerprint density at radius 3 is 1.12 bits per heavy atom. The average Bonchev–Trinajstić information content (AvgIpc) is 3.49. The number of unbranched alkanes of at least 4 members (excludes halogenated alkanes) is 31. The Morgan fingerprint density at radius 2 is 0.731 bits per heavy atom. The largest absolute Gasteiger partial charge is 0.394 e. The predicted molar refractivity (Wildman–Crippen MR) is 296 cm³/mol. The molecule has 3 rings (SSSR count). The summed E-state index contributed by atoms with van der Waals surface area (Å²) in [5.74, 6) is -0.240. The highest BCUT2D eigenvalue weighted by molar-refractivity contribution is 5.76. The molecular formula is C59H113NO18. The third-order valence-electron chi connectivity index (χ3n) is 16.2. The van der Waals surface area contributed by atoms with Crippen LogP contribution in [0.5, 0.6) is 0 Å².